The minimum atomic E-state index is 0.382. The van der Waals surface area contributed by atoms with Crippen LogP contribution >= 0.6 is 0 Å². The van der Waals surface area contributed by atoms with E-state index in [9.17, 15) is 5.11 Å². The quantitative estimate of drug-likeness (QED) is 0.821. The first-order chi connectivity index (χ1) is 8.25. The molecule has 2 N–H and O–H groups in total. The maximum atomic E-state index is 9.61. The van der Waals surface area contributed by atoms with Crippen molar-refractivity contribution in [1.82, 2.24) is 0 Å². The molecule has 0 saturated heterocycles. The molecular weight excluding hydrogens is 210 g/mol. The molecule has 0 unspecified atom stereocenters. The lowest BCUT2D eigenvalue weighted by Gasteiger charge is -2.21. The van der Waals surface area contributed by atoms with E-state index in [1.807, 2.05) is 25.1 Å². The summed E-state index contributed by atoms with van der Waals surface area (Å²) in [5, 5.41) is 13.0. The zero-order valence-corrected chi connectivity index (χ0v) is 10.7. The van der Waals surface area contributed by atoms with Gasteiger partial charge in [-0.15, -0.1) is 0 Å². The molecule has 2 heteroatoms. The van der Waals surface area contributed by atoms with E-state index in [4.69, 9.17) is 0 Å². The van der Waals surface area contributed by atoms with E-state index in [0.29, 0.717) is 5.75 Å². The molecule has 2 nitrogen and oxygen atoms in total. The third-order valence-corrected chi connectivity index (χ3v) is 3.82. The summed E-state index contributed by atoms with van der Waals surface area (Å²) < 4.78 is 0. The van der Waals surface area contributed by atoms with Gasteiger partial charge in [0.05, 0.1) is 0 Å². The Labute approximate surface area is 104 Å². The summed E-state index contributed by atoms with van der Waals surface area (Å²) in [5.74, 6) is 1.29. The molecule has 1 aromatic rings. The predicted octanol–water partition coefficient (Wildman–Crippen LogP) is 4.08. The number of phenols is 1. The Morgan fingerprint density at radius 1 is 1.24 bits per heavy atom. The summed E-state index contributed by atoms with van der Waals surface area (Å²) in [5.41, 5.74) is 1.96. The minimum absolute atomic E-state index is 0.382. The van der Waals surface area contributed by atoms with Crippen LogP contribution in [0.1, 0.15) is 44.1 Å². The van der Waals surface area contributed by atoms with Crippen molar-refractivity contribution >= 4 is 5.69 Å². The standard InChI is InChI=1S/C15H23NO/c1-12-7-8-14(11-15(12)17)16-10-9-13-5-3-2-4-6-13/h7-8,11,13,16-17H,2-6,9-10H2,1H3. The first-order valence-corrected chi connectivity index (χ1v) is 6.79. The molecule has 1 aliphatic carbocycles. The van der Waals surface area contributed by atoms with Gasteiger partial charge in [0.1, 0.15) is 5.75 Å². The fourth-order valence-corrected chi connectivity index (χ4v) is 2.62. The number of benzene rings is 1. The lowest BCUT2D eigenvalue weighted by atomic mass is 9.87. The van der Waals surface area contributed by atoms with Crippen molar-refractivity contribution in [3.8, 4) is 5.75 Å². The van der Waals surface area contributed by atoms with Crippen LogP contribution in [0.2, 0.25) is 0 Å². The maximum Gasteiger partial charge on any atom is 0.120 e. The van der Waals surface area contributed by atoms with E-state index in [-0.39, 0.29) is 0 Å². The van der Waals surface area contributed by atoms with Gasteiger partial charge in [-0.1, -0.05) is 38.2 Å². The largest absolute Gasteiger partial charge is 0.508 e. The Hall–Kier alpha value is -1.18. The summed E-state index contributed by atoms with van der Waals surface area (Å²) in [6.07, 6.45) is 8.32. The van der Waals surface area contributed by atoms with Gasteiger partial charge < -0.3 is 10.4 Å². The first kappa shape index (κ1) is 12.3. The van der Waals surface area contributed by atoms with E-state index in [1.54, 1.807) is 0 Å². The van der Waals surface area contributed by atoms with E-state index in [0.717, 1.165) is 23.7 Å². The van der Waals surface area contributed by atoms with Gasteiger partial charge in [-0.25, -0.2) is 0 Å². The highest BCUT2D eigenvalue weighted by molar-refractivity contribution is 5.50. The first-order valence-electron chi connectivity index (χ1n) is 6.79. The molecule has 17 heavy (non-hydrogen) atoms. The second-order valence-corrected chi connectivity index (χ2v) is 5.22. The Kier molecular flexibility index (Phi) is 4.29. The molecule has 1 saturated carbocycles. The van der Waals surface area contributed by atoms with Crippen molar-refractivity contribution in [2.75, 3.05) is 11.9 Å². The molecule has 0 aromatic heterocycles. The zero-order chi connectivity index (χ0) is 12.1. The second-order valence-electron chi connectivity index (χ2n) is 5.22. The number of phenolic OH excluding ortho intramolecular Hbond substituents is 1. The molecule has 94 valence electrons. The number of aromatic hydroxyl groups is 1. The van der Waals surface area contributed by atoms with Crippen molar-refractivity contribution in [2.45, 2.75) is 45.4 Å². The van der Waals surface area contributed by atoms with Gasteiger partial charge in [0.25, 0.3) is 0 Å². The van der Waals surface area contributed by atoms with Gasteiger partial charge in [0, 0.05) is 18.3 Å². The average molecular weight is 233 g/mol. The number of anilines is 1. The molecule has 0 bridgehead atoms. The Morgan fingerprint density at radius 3 is 2.71 bits per heavy atom. The van der Waals surface area contributed by atoms with Gasteiger partial charge in [-0.3, -0.25) is 0 Å². The van der Waals surface area contributed by atoms with Crippen LogP contribution in [0.15, 0.2) is 18.2 Å². The van der Waals surface area contributed by atoms with Gasteiger partial charge in [0.2, 0.25) is 0 Å². The predicted molar refractivity (Wildman–Crippen MR) is 72.5 cm³/mol. The van der Waals surface area contributed by atoms with Gasteiger partial charge in [0.15, 0.2) is 0 Å². The molecule has 1 aliphatic rings. The minimum Gasteiger partial charge on any atom is -0.508 e. The van der Waals surface area contributed by atoms with Crippen LogP contribution < -0.4 is 5.32 Å². The smallest absolute Gasteiger partial charge is 0.120 e. The number of hydrogen-bond donors (Lipinski definition) is 2. The van der Waals surface area contributed by atoms with Crippen molar-refractivity contribution in [3.63, 3.8) is 0 Å². The monoisotopic (exact) mass is 233 g/mol. The normalized spacial score (nSPS) is 17.0. The van der Waals surface area contributed by atoms with Crippen molar-refractivity contribution in [2.24, 2.45) is 5.92 Å². The van der Waals surface area contributed by atoms with Crippen LogP contribution in [0.25, 0.3) is 0 Å². The van der Waals surface area contributed by atoms with E-state index >= 15 is 0 Å². The van der Waals surface area contributed by atoms with E-state index < -0.39 is 0 Å². The van der Waals surface area contributed by atoms with Crippen LogP contribution in [0.5, 0.6) is 5.75 Å². The van der Waals surface area contributed by atoms with Crippen molar-refractivity contribution in [1.29, 1.82) is 0 Å². The van der Waals surface area contributed by atoms with E-state index in [1.165, 1.54) is 38.5 Å². The summed E-state index contributed by atoms with van der Waals surface area (Å²) in [6, 6.07) is 5.81. The second kappa shape index (κ2) is 5.95. The summed E-state index contributed by atoms with van der Waals surface area (Å²) in [4.78, 5) is 0. The highest BCUT2D eigenvalue weighted by Crippen LogP contribution is 2.26. The Balaban J connectivity index is 1.75. The molecule has 0 spiro atoms. The average Bonchev–Trinajstić information content (AvgIpc) is 2.35. The summed E-state index contributed by atoms with van der Waals surface area (Å²) in [7, 11) is 0. The Bertz CT molecular complexity index is 356. The van der Waals surface area contributed by atoms with Gasteiger partial charge in [-0.2, -0.15) is 0 Å². The number of rotatable bonds is 4. The van der Waals surface area contributed by atoms with Crippen LogP contribution in [0, 0.1) is 12.8 Å². The lowest BCUT2D eigenvalue weighted by molar-refractivity contribution is 0.345. The fourth-order valence-electron chi connectivity index (χ4n) is 2.62. The van der Waals surface area contributed by atoms with E-state index in [2.05, 4.69) is 5.32 Å². The Morgan fingerprint density at radius 2 is 2.00 bits per heavy atom. The van der Waals surface area contributed by atoms with Crippen LogP contribution in [0.3, 0.4) is 0 Å². The third kappa shape index (κ3) is 3.65. The molecule has 1 aromatic carbocycles. The SMILES string of the molecule is Cc1ccc(NCCC2CCCCC2)cc1O. The number of nitrogens with one attached hydrogen (secondary N) is 1. The molecule has 0 amide bonds. The zero-order valence-electron chi connectivity index (χ0n) is 10.7. The molecule has 2 rings (SSSR count). The lowest BCUT2D eigenvalue weighted by Crippen LogP contribution is -2.12. The number of aryl methyl sites for hydroxylation is 1. The summed E-state index contributed by atoms with van der Waals surface area (Å²) >= 11 is 0. The summed E-state index contributed by atoms with van der Waals surface area (Å²) in [6.45, 7) is 2.94. The van der Waals surface area contributed by atoms with Gasteiger partial charge >= 0.3 is 0 Å². The van der Waals surface area contributed by atoms with Gasteiger partial charge in [-0.05, 0) is 30.9 Å². The molecular formula is C15H23NO. The van der Waals surface area contributed by atoms with Crippen LogP contribution in [-0.2, 0) is 0 Å². The van der Waals surface area contributed by atoms with Crippen molar-refractivity contribution in [3.05, 3.63) is 23.8 Å². The molecule has 0 atom stereocenters. The fraction of sp³-hybridized carbons (Fsp3) is 0.600. The topological polar surface area (TPSA) is 32.3 Å². The number of hydrogen-bond acceptors (Lipinski definition) is 2. The molecule has 0 heterocycles. The van der Waals surface area contributed by atoms with Crippen molar-refractivity contribution < 1.29 is 5.11 Å². The van der Waals surface area contributed by atoms with Crippen LogP contribution in [0.4, 0.5) is 5.69 Å². The highest BCUT2D eigenvalue weighted by atomic mass is 16.3. The molecule has 1 fully saturated rings. The molecule has 0 aliphatic heterocycles. The molecule has 0 radical (unpaired) electrons. The third-order valence-electron chi connectivity index (χ3n) is 3.82. The maximum absolute atomic E-state index is 9.61. The van der Waals surface area contributed by atoms with Crippen LogP contribution in [-0.4, -0.2) is 11.7 Å². The highest BCUT2D eigenvalue weighted by Gasteiger charge is 2.12.